The number of carbonyl (C=O) groups excluding carboxylic acids is 2. The number of furan rings is 1. The van der Waals surface area contributed by atoms with Crippen LogP contribution in [0.5, 0.6) is 0 Å². The van der Waals surface area contributed by atoms with E-state index >= 15 is 0 Å². The van der Waals surface area contributed by atoms with Crippen LogP contribution < -0.4 is 0 Å². The van der Waals surface area contributed by atoms with Gasteiger partial charge in [-0.05, 0) is 37.0 Å². The van der Waals surface area contributed by atoms with E-state index in [0.717, 1.165) is 30.9 Å². The molecule has 1 spiro atoms. The van der Waals surface area contributed by atoms with Gasteiger partial charge < -0.3 is 9.32 Å². The van der Waals surface area contributed by atoms with Gasteiger partial charge in [0.1, 0.15) is 5.54 Å². The summed E-state index contributed by atoms with van der Waals surface area (Å²) >= 11 is 0. The SMILES string of the molecule is CC(C)CN1C(=O)N(Cc2ccccn2)C(=O)C12CCN(Cc1ccoc1)CC2. The predicted molar refractivity (Wildman–Crippen MR) is 108 cm³/mol. The first kappa shape index (κ1) is 19.6. The van der Waals surface area contributed by atoms with E-state index in [1.165, 1.54) is 4.90 Å². The fourth-order valence-electron chi connectivity index (χ4n) is 4.40. The molecule has 0 bridgehead atoms. The van der Waals surface area contributed by atoms with Gasteiger partial charge >= 0.3 is 6.03 Å². The van der Waals surface area contributed by atoms with Crippen LogP contribution in [0.25, 0.3) is 0 Å². The van der Waals surface area contributed by atoms with Crippen LogP contribution in [-0.2, 0) is 17.9 Å². The summed E-state index contributed by atoms with van der Waals surface area (Å²) in [6.45, 7) is 7.34. The van der Waals surface area contributed by atoms with Crippen LogP contribution >= 0.6 is 0 Å². The van der Waals surface area contributed by atoms with Crippen LogP contribution in [0.4, 0.5) is 4.79 Å². The van der Waals surface area contributed by atoms with Gasteiger partial charge in [0.2, 0.25) is 0 Å². The molecule has 0 unspecified atom stereocenters. The van der Waals surface area contributed by atoms with Crippen molar-refractivity contribution in [2.24, 2.45) is 5.92 Å². The molecule has 0 atom stereocenters. The minimum atomic E-state index is -0.733. The Balaban J connectivity index is 1.53. The number of nitrogens with zero attached hydrogens (tertiary/aromatic N) is 4. The Morgan fingerprint density at radius 3 is 2.55 bits per heavy atom. The Morgan fingerprint density at radius 2 is 1.93 bits per heavy atom. The molecule has 2 aliphatic rings. The van der Waals surface area contributed by atoms with E-state index in [-0.39, 0.29) is 18.5 Å². The molecule has 0 saturated carbocycles. The maximum Gasteiger partial charge on any atom is 0.328 e. The first-order chi connectivity index (χ1) is 14.0. The molecule has 2 fully saturated rings. The summed E-state index contributed by atoms with van der Waals surface area (Å²) in [5.41, 5.74) is 1.13. The third kappa shape index (κ3) is 3.79. The number of amides is 3. The average Bonchev–Trinajstić information content (AvgIpc) is 3.29. The molecule has 7 nitrogen and oxygen atoms in total. The average molecular weight is 396 g/mol. The van der Waals surface area contributed by atoms with E-state index in [9.17, 15) is 9.59 Å². The standard InChI is InChI=1S/C22H28N4O3/c1-17(2)13-26-21(28)25(15-19-5-3-4-9-23-19)20(27)22(26)7-10-24(11-8-22)14-18-6-12-29-16-18/h3-6,9,12,16-17H,7-8,10-11,13-15H2,1-2H3. The number of piperidine rings is 1. The molecule has 2 saturated heterocycles. The quantitative estimate of drug-likeness (QED) is 0.702. The molecule has 2 aliphatic heterocycles. The molecule has 4 rings (SSSR count). The Morgan fingerprint density at radius 1 is 1.14 bits per heavy atom. The molecule has 154 valence electrons. The second-order valence-electron chi connectivity index (χ2n) is 8.44. The van der Waals surface area contributed by atoms with E-state index in [1.54, 1.807) is 18.7 Å². The monoisotopic (exact) mass is 396 g/mol. The van der Waals surface area contributed by atoms with Crippen LogP contribution in [0.1, 0.15) is 37.9 Å². The summed E-state index contributed by atoms with van der Waals surface area (Å²) in [7, 11) is 0. The number of rotatable bonds is 6. The maximum absolute atomic E-state index is 13.5. The molecule has 29 heavy (non-hydrogen) atoms. The molecular formula is C22H28N4O3. The van der Waals surface area contributed by atoms with Gasteiger partial charge in [0.05, 0.1) is 24.8 Å². The number of imide groups is 1. The van der Waals surface area contributed by atoms with Crippen molar-refractivity contribution in [2.75, 3.05) is 19.6 Å². The van der Waals surface area contributed by atoms with Crippen LogP contribution in [-0.4, -0.2) is 56.8 Å². The normalized spacial score (nSPS) is 19.7. The zero-order valence-electron chi connectivity index (χ0n) is 17.1. The second kappa shape index (κ2) is 7.99. The van der Waals surface area contributed by atoms with Gasteiger partial charge in [-0.3, -0.25) is 19.6 Å². The Bertz CT molecular complexity index is 842. The van der Waals surface area contributed by atoms with E-state index in [2.05, 4.69) is 23.7 Å². The molecule has 0 aromatic carbocycles. The number of pyridine rings is 1. The van der Waals surface area contributed by atoms with E-state index in [1.807, 2.05) is 29.2 Å². The topological polar surface area (TPSA) is 69.9 Å². The van der Waals surface area contributed by atoms with Crippen LogP contribution in [0.15, 0.2) is 47.4 Å². The highest BCUT2D eigenvalue weighted by Crippen LogP contribution is 2.38. The van der Waals surface area contributed by atoms with Crippen molar-refractivity contribution in [1.29, 1.82) is 0 Å². The van der Waals surface area contributed by atoms with E-state index < -0.39 is 5.54 Å². The lowest BCUT2D eigenvalue weighted by Crippen LogP contribution is -2.57. The minimum absolute atomic E-state index is 0.0724. The molecule has 4 heterocycles. The molecule has 0 radical (unpaired) electrons. The third-order valence-corrected chi connectivity index (χ3v) is 5.89. The zero-order valence-corrected chi connectivity index (χ0v) is 17.1. The highest BCUT2D eigenvalue weighted by molar-refractivity contribution is 6.07. The highest BCUT2D eigenvalue weighted by atomic mass is 16.3. The Labute approximate surface area is 171 Å². The van der Waals surface area contributed by atoms with Crippen LogP contribution in [0.3, 0.4) is 0 Å². The van der Waals surface area contributed by atoms with Crippen molar-refractivity contribution in [3.63, 3.8) is 0 Å². The lowest BCUT2D eigenvalue weighted by molar-refractivity contribution is -0.136. The Hall–Kier alpha value is -2.67. The van der Waals surface area contributed by atoms with Crippen LogP contribution in [0, 0.1) is 5.92 Å². The van der Waals surface area contributed by atoms with Gasteiger partial charge in [-0.2, -0.15) is 0 Å². The molecule has 0 aliphatic carbocycles. The van der Waals surface area contributed by atoms with Crippen molar-refractivity contribution in [2.45, 2.75) is 45.3 Å². The number of urea groups is 1. The number of carbonyl (C=O) groups is 2. The summed E-state index contributed by atoms with van der Waals surface area (Å²) in [6.07, 6.45) is 6.44. The molecule has 0 N–H and O–H groups in total. The molecule has 2 aromatic heterocycles. The largest absolute Gasteiger partial charge is 0.472 e. The van der Waals surface area contributed by atoms with Gasteiger partial charge in [-0.1, -0.05) is 19.9 Å². The lowest BCUT2D eigenvalue weighted by Gasteiger charge is -2.42. The number of hydrogen-bond acceptors (Lipinski definition) is 5. The minimum Gasteiger partial charge on any atom is -0.472 e. The predicted octanol–water partition coefficient (Wildman–Crippen LogP) is 3.13. The van der Waals surface area contributed by atoms with E-state index in [0.29, 0.717) is 25.3 Å². The van der Waals surface area contributed by atoms with Gasteiger partial charge in [-0.25, -0.2) is 4.79 Å². The van der Waals surface area contributed by atoms with Crippen molar-refractivity contribution in [3.8, 4) is 0 Å². The van der Waals surface area contributed by atoms with Crippen molar-refractivity contribution in [1.82, 2.24) is 19.7 Å². The summed E-state index contributed by atoms with van der Waals surface area (Å²) in [4.78, 5) is 36.6. The second-order valence-corrected chi connectivity index (χ2v) is 8.44. The fourth-order valence-corrected chi connectivity index (χ4v) is 4.40. The van der Waals surface area contributed by atoms with Crippen LogP contribution in [0.2, 0.25) is 0 Å². The summed E-state index contributed by atoms with van der Waals surface area (Å²) < 4.78 is 5.17. The smallest absolute Gasteiger partial charge is 0.328 e. The molecule has 2 aromatic rings. The zero-order chi connectivity index (χ0) is 20.4. The summed E-state index contributed by atoms with van der Waals surface area (Å²) in [5.74, 6) is 0.221. The summed E-state index contributed by atoms with van der Waals surface area (Å²) in [6, 6.07) is 7.35. The third-order valence-electron chi connectivity index (χ3n) is 5.89. The number of likely N-dealkylation sites (tertiary alicyclic amines) is 1. The molecule has 3 amide bonds. The van der Waals surface area contributed by atoms with Gasteiger partial charge in [0, 0.05) is 37.9 Å². The first-order valence-electron chi connectivity index (χ1n) is 10.3. The van der Waals surface area contributed by atoms with E-state index in [4.69, 9.17) is 4.42 Å². The maximum atomic E-state index is 13.5. The van der Waals surface area contributed by atoms with Gasteiger partial charge in [0.25, 0.3) is 5.91 Å². The highest BCUT2D eigenvalue weighted by Gasteiger charge is 2.57. The molecular weight excluding hydrogens is 368 g/mol. The summed E-state index contributed by atoms with van der Waals surface area (Å²) in [5, 5.41) is 0. The van der Waals surface area contributed by atoms with Crippen molar-refractivity contribution in [3.05, 3.63) is 54.2 Å². The van der Waals surface area contributed by atoms with Gasteiger partial charge in [0.15, 0.2) is 0 Å². The van der Waals surface area contributed by atoms with Gasteiger partial charge in [-0.15, -0.1) is 0 Å². The van der Waals surface area contributed by atoms with Crippen molar-refractivity contribution < 1.29 is 14.0 Å². The first-order valence-corrected chi connectivity index (χ1v) is 10.3. The van der Waals surface area contributed by atoms with Crippen molar-refractivity contribution >= 4 is 11.9 Å². The lowest BCUT2D eigenvalue weighted by atomic mass is 9.85. The number of hydrogen-bond donors (Lipinski definition) is 0. The number of aromatic nitrogens is 1. The fraction of sp³-hybridized carbons (Fsp3) is 0.500. The Kier molecular flexibility index (Phi) is 5.41. The molecule has 7 heteroatoms.